The van der Waals surface area contributed by atoms with Gasteiger partial charge in [0.1, 0.15) is 5.82 Å². The topological polar surface area (TPSA) is 75.8 Å². The number of halogens is 2. The van der Waals surface area contributed by atoms with Crippen LogP contribution in [0.3, 0.4) is 0 Å². The van der Waals surface area contributed by atoms with Gasteiger partial charge < -0.3 is 10.6 Å². The Morgan fingerprint density at radius 1 is 1.38 bits per heavy atom. The van der Waals surface area contributed by atoms with Gasteiger partial charge in [0.25, 0.3) is 0 Å². The number of sulfone groups is 1. The summed E-state index contributed by atoms with van der Waals surface area (Å²) in [5.41, 5.74) is 5.78. The van der Waals surface area contributed by atoms with E-state index in [1.54, 1.807) is 0 Å². The molecule has 118 valence electrons. The maximum absolute atomic E-state index is 12.8. The highest BCUT2D eigenvalue weighted by molar-refractivity contribution is 14.0. The van der Waals surface area contributed by atoms with Gasteiger partial charge in [-0.3, -0.25) is 4.99 Å². The van der Waals surface area contributed by atoms with Crippen molar-refractivity contribution in [3.05, 3.63) is 30.1 Å². The predicted octanol–water partition coefficient (Wildman–Crippen LogP) is 1.63. The van der Waals surface area contributed by atoms with E-state index >= 15 is 0 Å². The molecule has 0 aromatic heterocycles. The van der Waals surface area contributed by atoms with E-state index in [0.29, 0.717) is 12.0 Å². The summed E-state index contributed by atoms with van der Waals surface area (Å²) in [5.74, 6) is -0.239. The van der Waals surface area contributed by atoms with Gasteiger partial charge in [-0.25, -0.2) is 12.8 Å². The minimum Gasteiger partial charge on any atom is -0.370 e. The summed E-state index contributed by atoms with van der Waals surface area (Å²) in [5, 5.41) is 0. The summed E-state index contributed by atoms with van der Waals surface area (Å²) in [6.45, 7) is 0.0998. The fraction of sp³-hybridized carbons (Fsp3) is 0.462. The molecule has 1 aromatic rings. The van der Waals surface area contributed by atoms with E-state index in [2.05, 4.69) is 4.99 Å². The highest BCUT2D eigenvalue weighted by Gasteiger charge is 2.27. The Balaban J connectivity index is 0.00000220. The maximum Gasteiger partial charge on any atom is 0.191 e. The minimum absolute atomic E-state index is 0. The molecule has 1 saturated carbocycles. The van der Waals surface area contributed by atoms with E-state index in [1.807, 2.05) is 11.9 Å². The SMILES string of the molecule is CN(C(N)=NCCS(=O)(=O)c1ccc(F)cc1)C1CC1.I. The van der Waals surface area contributed by atoms with Crippen molar-refractivity contribution in [3.63, 3.8) is 0 Å². The summed E-state index contributed by atoms with van der Waals surface area (Å²) < 4.78 is 36.8. The first-order chi connectivity index (χ1) is 9.40. The predicted molar refractivity (Wildman–Crippen MR) is 91.1 cm³/mol. The van der Waals surface area contributed by atoms with Gasteiger partial charge >= 0.3 is 0 Å². The molecule has 1 fully saturated rings. The molecule has 2 N–H and O–H groups in total. The molecule has 0 heterocycles. The third-order valence-electron chi connectivity index (χ3n) is 3.26. The average Bonchev–Trinajstić information content (AvgIpc) is 3.22. The van der Waals surface area contributed by atoms with E-state index < -0.39 is 15.7 Å². The van der Waals surface area contributed by atoms with Crippen LogP contribution in [0.5, 0.6) is 0 Å². The standard InChI is InChI=1S/C13H18FN3O2S.HI/c1-17(11-4-5-11)13(15)16-8-9-20(18,19)12-6-2-10(14)3-7-12;/h2-3,6-7,11H,4-5,8-9H2,1H3,(H2,15,16);1H. The lowest BCUT2D eigenvalue weighted by Crippen LogP contribution is -2.36. The van der Waals surface area contributed by atoms with Crippen molar-refractivity contribution in [3.8, 4) is 0 Å². The monoisotopic (exact) mass is 427 g/mol. The Morgan fingerprint density at radius 2 is 1.95 bits per heavy atom. The van der Waals surface area contributed by atoms with Gasteiger partial charge in [0.05, 0.1) is 17.2 Å². The molecule has 21 heavy (non-hydrogen) atoms. The Kier molecular flexibility index (Phi) is 6.39. The molecule has 0 aliphatic heterocycles. The molecular weight excluding hydrogens is 408 g/mol. The Bertz CT molecular complexity index is 600. The quantitative estimate of drug-likeness (QED) is 0.336. The highest BCUT2D eigenvalue weighted by atomic mass is 127. The molecular formula is C13H19FIN3O2S. The molecule has 0 spiro atoms. The van der Waals surface area contributed by atoms with Crippen LogP contribution in [-0.4, -0.2) is 44.7 Å². The number of hydrogen-bond acceptors (Lipinski definition) is 3. The fourth-order valence-electron chi connectivity index (χ4n) is 1.80. The second-order valence-electron chi connectivity index (χ2n) is 4.85. The van der Waals surface area contributed by atoms with Crippen LogP contribution in [0.4, 0.5) is 4.39 Å². The van der Waals surface area contributed by atoms with Crippen molar-refractivity contribution in [2.45, 2.75) is 23.8 Å². The first-order valence-electron chi connectivity index (χ1n) is 6.41. The van der Waals surface area contributed by atoms with Crippen molar-refractivity contribution in [2.75, 3.05) is 19.3 Å². The van der Waals surface area contributed by atoms with E-state index in [0.717, 1.165) is 25.0 Å². The van der Waals surface area contributed by atoms with Crippen LogP contribution in [0, 0.1) is 5.82 Å². The number of guanidine groups is 1. The van der Waals surface area contributed by atoms with Gasteiger partial charge in [-0.1, -0.05) is 0 Å². The third-order valence-corrected chi connectivity index (χ3v) is 4.97. The number of benzene rings is 1. The Morgan fingerprint density at radius 3 is 2.48 bits per heavy atom. The van der Waals surface area contributed by atoms with Gasteiger partial charge in [-0.05, 0) is 37.1 Å². The lowest BCUT2D eigenvalue weighted by atomic mass is 10.4. The summed E-state index contributed by atoms with van der Waals surface area (Å²) >= 11 is 0. The van der Waals surface area contributed by atoms with Crippen LogP contribution in [-0.2, 0) is 9.84 Å². The lowest BCUT2D eigenvalue weighted by Gasteiger charge is -2.16. The zero-order chi connectivity index (χ0) is 14.8. The summed E-state index contributed by atoms with van der Waals surface area (Å²) in [6, 6.07) is 5.21. The summed E-state index contributed by atoms with van der Waals surface area (Å²) in [6.07, 6.45) is 2.20. The second kappa shape index (κ2) is 7.39. The van der Waals surface area contributed by atoms with E-state index in [1.165, 1.54) is 12.1 Å². The van der Waals surface area contributed by atoms with E-state index in [-0.39, 0.29) is 41.2 Å². The highest BCUT2D eigenvalue weighted by Crippen LogP contribution is 2.24. The van der Waals surface area contributed by atoms with E-state index in [4.69, 9.17) is 5.73 Å². The van der Waals surface area contributed by atoms with Crippen LogP contribution >= 0.6 is 24.0 Å². The van der Waals surface area contributed by atoms with Gasteiger partial charge in [0.15, 0.2) is 15.8 Å². The molecule has 0 atom stereocenters. The van der Waals surface area contributed by atoms with Gasteiger partial charge in [-0.2, -0.15) is 0 Å². The number of hydrogen-bond donors (Lipinski definition) is 1. The molecule has 8 heteroatoms. The van der Waals surface area contributed by atoms with Crippen molar-refractivity contribution < 1.29 is 12.8 Å². The molecule has 1 aromatic carbocycles. The largest absolute Gasteiger partial charge is 0.370 e. The molecule has 0 bridgehead atoms. The first-order valence-corrected chi connectivity index (χ1v) is 8.06. The minimum atomic E-state index is -3.45. The summed E-state index contributed by atoms with van der Waals surface area (Å²) in [7, 11) is -1.60. The molecule has 1 aliphatic rings. The fourth-order valence-corrected chi connectivity index (χ4v) is 2.92. The van der Waals surface area contributed by atoms with Gasteiger partial charge in [0, 0.05) is 13.1 Å². The molecule has 0 amide bonds. The van der Waals surface area contributed by atoms with Gasteiger partial charge in [0.2, 0.25) is 0 Å². The first kappa shape index (κ1) is 18.1. The molecule has 1 aliphatic carbocycles. The van der Waals surface area contributed by atoms with Crippen LogP contribution in [0.2, 0.25) is 0 Å². The summed E-state index contributed by atoms with van der Waals surface area (Å²) in [4.78, 5) is 6.05. The van der Waals surface area contributed by atoms with Crippen molar-refractivity contribution in [2.24, 2.45) is 10.7 Å². The second-order valence-corrected chi connectivity index (χ2v) is 6.96. The average molecular weight is 427 g/mol. The zero-order valence-electron chi connectivity index (χ0n) is 11.7. The zero-order valence-corrected chi connectivity index (χ0v) is 14.8. The molecule has 0 unspecified atom stereocenters. The van der Waals surface area contributed by atoms with Crippen molar-refractivity contribution in [1.29, 1.82) is 0 Å². The number of nitrogens with zero attached hydrogens (tertiary/aromatic N) is 2. The van der Waals surface area contributed by atoms with E-state index in [9.17, 15) is 12.8 Å². The molecule has 5 nitrogen and oxygen atoms in total. The number of rotatable bonds is 5. The number of aliphatic imine (C=N–C) groups is 1. The Hall–Kier alpha value is -0.900. The normalized spacial score (nSPS) is 15.4. The van der Waals surface area contributed by atoms with Crippen molar-refractivity contribution in [1.82, 2.24) is 4.90 Å². The van der Waals surface area contributed by atoms with Crippen LogP contribution in [0.1, 0.15) is 12.8 Å². The lowest BCUT2D eigenvalue weighted by molar-refractivity contribution is 0.488. The van der Waals surface area contributed by atoms with Crippen LogP contribution in [0.15, 0.2) is 34.2 Å². The molecule has 0 radical (unpaired) electrons. The van der Waals surface area contributed by atoms with Gasteiger partial charge in [-0.15, -0.1) is 24.0 Å². The van der Waals surface area contributed by atoms with Crippen LogP contribution < -0.4 is 5.73 Å². The van der Waals surface area contributed by atoms with Crippen LogP contribution in [0.25, 0.3) is 0 Å². The van der Waals surface area contributed by atoms with Crippen molar-refractivity contribution >= 4 is 39.8 Å². The maximum atomic E-state index is 12.8. The molecule has 2 rings (SSSR count). The third kappa shape index (κ3) is 5.10. The Labute approximate surface area is 141 Å². The molecule has 0 saturated heterocycles. The smallest absolute Gasteiger partial charge is 0.191 e. The number of nitrogens with two attached hydrogens (primary N) is 1.